The van der Waals surface area contributed by atoms with Crippen molar-refractivity contribution >= 4 is 5.91 Å². The van der Waals surface area contributed by atoms with Crippen molar-refractivity contribution in [3.63, 3.8) is 0 Å². The van der Waals surface area contributed by atoms with Crippen LogP contribution in [-0.4, -0.2) is 37.5 Å². The van der Waals surface area contributed by atoms with E-state index in [2.05, 4.69) is 29.5 Å². The highest BCUT2D eigenvalue weighted by Crippen LogP contribution is 2.37. The van der Waals surface area contributed by atoms with Gasteiger partial charge in [-0.1, -0.05) is 50.7 Å². The number of unbranched alkanes of at least 4 members (excludes halogenated alkanes) is 6. The Hall–Kier alpha value is -1.47. The van der Waals surface area contributed by atoms with Gasteiger partial charge in [0.2, 0.25) is 5.91 Å². The SMILES string of the molecule is CCCCCCCCCn1cc(CCC(=O)NC2(C)CC(C)(N)CCCC2(C)N)nn1. The van der Waals surface area contributed by atoms with E-state index in [-0.39, 0.29) is 11.4 Å². The molecule has 0 spiro atoms. The van der Waals surface area contributed by atoms with Gasteiger partial charge in [0.1, 0.15) is 0 Å². The summed E-state index contributed by atoms with van der Waals surface area (Å²) >= 11 is 0. The Balaban J connectivity index is 1.77. The molecule has 3 unspecified atom stereocenters. The minimum absolute atomic E-state index is 0.00138. The highest BCUT2D eigenvalue weighted by Gasteiger charge is 2.48. The largest absolute Gasteiger partial charge is 0.349 e. The average molecular weight is 435 g/mol. The monoisotopic (exact) mass is 434 g/mol. The summed E-state index contributed by atoms with van der Waals surface area (Å²) in [4.78, 5) is 12.8. The van der Waals surface area contributed by atoms with E-state index in [1.807, 2.05) is 24.7 Å². The molecule has 1 saturated carbocycles. The van der Waals surface area contributed by atoms with Crippen molar-refractivity contribution in [3.8, 4) is 0 Å². The van der Waals surface area contributed by atoms with Gasteiger partial charge in [-0.05, 0) is 52.9 Å². The Labute approximate surface area is 189 Å². The van der Waals surface area contributed by atoms with Crippen LogP contribution >= 0.6 is 0 Å². The number of carbonyl (C=O) groups excluding carboxylic acids is 1. The molecular formula is C24H46N6O. The van der Waals surface area contributed by atoms with E-state index in [0.717, 1.165) is 37.9 Å². The minimum atomic E-state index is -0.529. The Morgan fingerprint density at radius 2 is 1.77 bits per heavy atom. The molecule has 0 aliphatic heterocycles. The molecule has 7 heteroatoms. The highest BCUT2D eigenvalue weighted by molar-refractivity contribution is 5.77. The van der Waals surface area contributed by atoms with Gasteiger partial charge in [-0.3, -0.25) is 9.48 Å². The molecule has 2 rings (SSSR count). The molecule has 1 aromatic heterocycles. The lowest BCUT2D eigenvalue weighted by Crippen LogP contribution is -2.67. The molecule has 7 nitrogen and oxygen atoms in total. The van der Waals surface area contributed by atoms with Crippen LogP contribution in [0.15, 0.2) is 6.20 Å². The number of nitrogens with zero attached hydrogens (tertiary/aromatic N) is 3. The van der Waals surface area contributed by atoms with Gasteiger partial charge in [0.15, 0.2) is 0 Å². The van der Waals surface area contributed by atoms with E-state index in [9.17, 15) is 4.79 Å². The summed E-state index contributed by atoms with van der Waals surface area (Å²) in [6.45, 7) is 9.27. The van der Waals surface area contributed by atoms with Crippen LogP contribution < -0.4 is 16.8 Å². The van der Waals surface area contributed by atoms with Crippen molar-refractivity contribution in [1.82, 2.24) is 20.3 Å². The maximum Gasteiger partial charge on any atom is 0.220 e. The first kappa shape index (κ1) is 25.8. The van der Waals surface area contributed by atoms with E-state index in [1.54, 1.807) is 0 Å². The molecule has 5 N–H and O–H groups in total. The lowest BCUT2D eigenvalue weighted by Gasteiger charge is -2.46. The smallest absolute Gasteiger partial charge is 0.220 e. The molecule has 1 aromatic rings. The first-order chi connectivity index (χ1) is 14.6. The fourth-order valence-corrected chi connectivity index (χ4v) is 4.83. The second kappa shape index (κ2) is 11.4. The van der Waals surface area contributed by atoms with Gasteiger partial charge in [-0.2, -0.15) is 0 Å². The molecule has 3 atom stereocenters. The number of aromatic nitrogens is 3. The van der Waals surface area contributed by atoms with Crippen LogP contribution in [0.4, 0.5) is 0 Å². The predicted molar refractivity (Wildman–Crippen MR) is 127 cm³/mol. The number of hydrogen-bond donors (Lipinski definition) is 3. The molecule has 0 aromatic carbocycles. The van der Waals surface area contributed by atoms with Crippen LogP contribution in [-0.2, 0) is 17.8 Å². The summed E-state index contributed by atoms with van der Waals surface area (Å²) in [7, 11) is 0. The summed E-state index contributed by atoms with van der Waals surface area (Å²) in [6.07, 6.45) is 15.3. The molecule has 1 heterocycles. The topological polar surface area (TPSA) is 112 Å². The van der Waals surface area contributed by atoms with Crippen molar-refractivity contribution in [1.29, 1.82) is 0 Å². The maximum absolute atomic E-state index is 12.8. The fourth-order valence-electron chi connectivity index (χ4n) is 4.83. The number of carbonyl (C=O) groups is 1. The van der Waals surface area contributed by atoms with Gasteiger partial charge in [0, 0.05) is 36.7 Å². The van der Waals surface area contributed by atoms with Gasteiger partial charge in [0.05, 0.1) is 11.2 Å². The number of amides is 1. The number of aryl methyl sites for hydroxylation is 2. The van der Waals surface area contributed by atoms with E-state index in [4.69, 9.17) is 11.5 Å². The molecule has 31 heavy (non-hydrogen) atoms. The molecule has 1 fully saturated rings. The quantitative estimate of drug-likeness (QED) is 0.342. The zero-order valence-electron chi connectivity index (χ0n) is 20.4. The normalized spacial score (nSPS) is 29.0. The summed E-state index contributed by atoms with van der Waals surface area (Å²) in [6, 6.07) is 0. The van der Waals surface area contributed by atoms with Crippen LogP contribution in [0, 0.1) is 0 Å². The summed E-state index contributed by atoms with van der Waals surface area (Å²) in [5.74, 6) is -0.00138. The number of rotatable bonds is 12. The number of nitrogens with two attached hydrogens (primary N) is 2. The van der Waals surface area contributed by atoms with Gasteiger partial charge in [-0.15, -0.1) is 5.10 Å². The van der Waals surface area contributed by atoms with Crippen molar-refractivity contribution in [2.75, 3.05) is 0 Å². The predicted octanol–water partition coefficient (Wildman–Crippen LogP) is 3.85. The Morgan fingerprint density at radius 3 is 2.48 bits per heavy atom. The lowest BCUT2D eigenvalue weighted by molar-refractivity contribution is -0.124. The van der Waals surface area contributed by atoms with Crippen molar-refractivity contribution < 1.29 is 4.79 Å². The van der Waals surface area contributed by atoms with Crippen molar-refractivity contribution in [2.45, 2.75) is 134 Å². The molecule has 178 valence electrons. The van der Waals surface area contributed by atoms with Crippen LogP contribution in [0.25, 0.3) is 0 Å². The standard InChI is InChI=1S/C24H46N6O/c1-5-6-7-8-9-10-11-17-30-18-20(28-29-30)13-14-21(31)27-24(4)19-22(2,25)15-12-16-23(24,3)26/h18H,5-17,19,25-26H2,1-4H3,(H,27,31). The molecular weight excluding hydrogens is 388 g/mol. The zero-order valence-corrected chi connectivity index (χ0v) is 20.4. The van der Waals surface area contributed by atoms with Gasteiger partial charge in [0.25, 0.3) is 0 Å². The van der Waals surface area contributed by atoms with Crippen molar-refractivity contribution in [3.05, 3.63) is 11.9 Å². The molecule has 1 aliphatic rings. The first-order valence-corrected chi connectivity index (χ1v) is 12.3. The van der Waals surface area contributed by atoms with E-state index < -0.39 is 11.1 Å². The van der Waals surface area contributed by atoms with Crippen molar-refractivity contribution in [2.24, 2.45) is 11.5 Å². The van der Waals surface area contributed by atoms with Gasteiger partial charge < -0.3 is 16.8 Å². The van der Waals surface area contributed by atoms with Gasteiger partial charge >= 0.3 is 0 Å². The maximum atomic E-state index is 12.8. The fraction of sp³-hybridized carbons (Fsp3) is 0.875. The third-order valence-corrected chi connectivity index (χ3v) is 7.06. The van der Waals surface area contributed by atoms with E-state index >= 15 is 0 Å². The van der Waals surface area contributed by atoms with Crippen LogP contribution in [0.5, 0.6) is 0 Å². The summed E-state index contributed by atoms with van der Waals surface area (Å²) in [5, 5.41) is 11.7. The third-order valence-electron chi connectivity index (χ3n) is 7.06. The van der Waals surface area contributed by atoms with Crippen LogP contribution in [0.1, 0.15) is 110 Å². The Morgan fingerprint density at radius 1 is 1.10 bits per heavy atom. The summed E-state index contributed by atoms with van der Waals surface area (Å²) < 4.78 is 1.91. The van der Waals surface area contributed by atoms with E-state index in [1.165, 1.54) is 38.5 Å². The average Bonchev–Trinajstić information content (AvgIpc) is 3.09. The Bertz CT molecular complexity index is 683. The van der Waals surface area contributed by atoms with E-state index in [0.29, 0.717) is 19.3 Å². The first-order valence-electron chi connectivity index (χ1n) is 12.3. The van der Waals surface area contributed by atoms with Gasteiger partial charge in [-0.25, -0.2) is 0 Å². The lowest BCUT2D eigenvalue weighted by atomic mass is 9.73. The third kappa shape index (κ3) is 8.19. The van der Waals surface area contributed by atoms with Crippen LogP contribution in [0.3, 0.4) is 0 Å². The number of hydrogen-bond acceptors (Lipinski definition) is 5. The zero-order chi connectivity index (χ0) is 23.0. The Kier molecular flexibility index (Phi) is 9.49. The molecule has 1 amide bonds. The molecule has 1 aliphatic carbocycles. The summed E-state index contributed by atoms with van der Waals surface area (Å²) in [5.41, 5.74) is 12.6. The highest BCUT2D eigenvalue weighted by atomic mass is 16.1. The molecule has 0 radical (unpaired) electrons. The second-order valence-corrected chi connectivity index (χ2v) is 10.6. The molecule has 0 bridgehead atoms. The number of nitrogens with one attached hydrogen (secondary N) is 1. The minimum Gasteiger partial charge on any atom is -0.349 e. The van der Waals surface area contributed by atoms with Crippen LogP contribution in [0.2, 0.25) is 0 Å². The molecule has 0 saturated heterocycles. The second-order valence-electron chi connectivity index (χ2n) is 10.6.